The van der Waals surface area contributed by atoms with E-state index in [2.05, 4.69) is 25.2 Å². The molecular formula is C21H18FN7O4. The van der Waals surface area contributed by atoms with Gasteiger partial charge in [-0.2, -0.15) is 5.10 Å². The van der Waals surface area contributed by atoms with E-state index in [1.165, 1.54) is 37.3 Å². The number of ether oxygens (including phenoxy) is 2. The summed E-state index contributed by atoms with van der Waals surface area (Å²) in [7, 11) is 4.48. The van der Waals surface area contributed by atoms with Crippen LogP contribution in [0.3, 0.4) is 0 Å². The number of hydrogen-bond acceptors (Lipinski definition) is 9. The second-order valence-electron chi connectivity index (χ2n) is 6.90. The molecule has 3 heterocycles. The zero-order valence-electron chi connectivity index (χ0n) is 17.9. The summed E-state index contributed by atoms with van der Waals surface area (Å²) in [6.07, 6.45) is 5.00. The molecule has 0 atom stereocenters. The average molecular weight is 451 g/mol. The zero-order valence-corrected chi connectivity index (χ0v) is 17.9. The van der Waals surface area contributed by atoms with E-state index >= 15 is 4.39 Å². The quantitative estimate of drug-likeness (QED) is 0.390. The number of rotatable bonds is 7. The molecule has 0 radical (unpaired) electrons. The summed E-state index contributed by atoms with van der Waals surface area (Å²) >= 11 is 0. The topological polar surface area (TPSA) is 125 Å². The molecule has 0 bridgehead atoms. The molecule has 1 amide bonds. The van der Waals surface area contributed by atoms with Gasteiger partial charge in [0.05, 0.1) is 38.0 Å². The predicted octanol–water partition coefficient (Wildman–Crippen LogP) is 3.01. The lowest BCUT2D eigenvalue weighted by Gasteiger charge is -2.24. The Kier molecular flexibility index (Phi) is 5.89. The molecule has 1 aromatic carbocycles. The van der Waals surface area contributed by atoms with Crippen LogP contribution in [-0.2, 0) is 11.8 Å². The molecular weight excluding hydrogens is 433 g/mol. The lowest BCUT2D eigenvalue weighted by molar-refractivity contribution is -0.116. The third-order valence-electron chi connectivity index (χ3n) is 4.80. The maximum atomic E-state index is 15.2. The third kappa shape index (κ3) is 4.31. The summed E-state index contributed by atoms with van der Waals surface area (Å²) < 4.78 is 27.1. The Labute approximate surface area is 186 Å². The zero-order chi connectivity index (χ0) is 23.5. The fourth-order valence-corrected chi connectivity index (χ4v) is 3.21. The molecule has 12 heteroatoms. The Morgan fingerprint density at radius 1 is 1.18 bits per heavy atom. The molecule has 168 valence electrons. The lowest BCUT2D eigenvalue weighted by atomic mass is 10.2. The Balaban J connectivity index is 1.86. The second kappa shape index (κ2) is 8.94. The van der Waals surface area contributed by atoms with Crippen molar-refractivity contribution in [2.45, 2.75) is 0 Å². The normalized spacial score (nSPS) is 10.8. The van der Waals surface area contributed by atoms with Crippen molar-refractivity contribution in [3.63, 3.8) is 0 Å². The van der Waals surface area contributed by atoms with Gasteiger partial charge in [0.1, 0.15) is 23.6 Å². The maximum Gasteiger partial charge on any atom is 0.305 e. The summed E-state index contributed by atoms with van der Waals surface area (Å²) in [6.45, 7) is -0.565. The summed E-state index contributed by atoms with van der Waals surface area (Å²) in [5.41, 5.74) is 1.91. The van der Waals surface area contributed by atoms with Crippen LogP contribution in [0.15, 0.2) is 48.0 Å². The molecule has 11 nitrogen and oxygen atoms in total. The molecule has 0 aliphatic carbocycles. The molecule has 0 saturated carbocycles. The Morgan fingerprint density at radius 3 is 2.67 bits per heavy atom. The number of carbonyl (C=O) groups is 1. The number of aryl methyl sites for hydroxylation is 1. The molecule has 0 spiro atoms. The van der Waals surface area contributed by atoms with E-state index in [0.29, 0.717) is 11.2 Å². The number of nitrogens with zero attached hydrogens (tertiary/aromatic N) is 7. The molecule has 0 aliphatic rings. The van der Waals surface area contributed by atoms with Crippen molar-refractivity contribution in [2.24, 2.45) is 12.2 Å². The monoisotopic (exact) mass is 451 g/mol. The van der Waals surface area contributed by atoms with Crippen LogP contribution in [-0.4, -0.2) is 51.4 Å². The van der Waals surface area contributed by atoms with Crippen molar-refractivity contribution in [3.8, 4) is 22.8 Å². The first-order valence-electron chi connectivity index (χ1n) is 9.61. The first-order valence-corrected chi connectivity index (χ1v) is 9.61. The van der Waals surface area contributed by atoms with Gasteiger partial charge < -0.3 is 14.4 Å². The molecule has 3 aromatic heterocycles. The number of aromatic nitrogens is 5. The van der Waals surface area contributed by atoms with Gasteiger partial charge in [-0.3, -0.25) is 14.5 Å². The minimum absolute atomic E-state index is 0.0913. The van der Waals surface area contributed by atoms with Crippen molar-refractivity contribution in [1.82, 2.24) is 24.7 Å². The van der Waals surface area contributed by atoms with Crippen LogP contribution in [0.5, 0.6) is 11.5 Å². The summed E-state index contributed by atoms with van der Waals surface area (Å²) in [4.78, 5) is 37.3. The first-order chi connectivity index (χ1) is 15.9. The summed E-state index contributed by atoms with van der Waals surface area (Å²) in [6, 6.07) is 5.87. The van der Waals surface area contributed by atoms with E-state index in [1.54, 1.807) is 36.4 Å². The first kappa shape index (κ1) is 21.7. The van der Waals surface area contributed by atoms with Crippen molar-refractivity contribution < 1.29 is 18.7 Å². The number of nitroso groups, excluding NO2 is 1. The molecule has 0 saturated heterocycles. The fraction of sp³-hybridized carbons (Fsp3) is 0.190. The van der Waals surface area contributed by atoms with Crippen LogP contribution < -0.4 is 14.4 Å². The summed E-state index contributed by atoms with van der Waals surface area (Å²) in [5, 5.41) is 6.55. The van der Waals surface area contributed by atoms with E-state index < -0.39 is 18.3 Å². The van der Waals surface area contributed by atoms with E-state index in [0.717, 1.165) is 5.56 Å². The number of pyridine rings is 1. The number of benzene rings is 1. The number of anilines is 2. The van der Waals surface area contributed by atoms with Gasteiger partial charge in [-0.25, -0.2) is 14.4 Å². The Bertz CT molecular complexity index is 1360. The minimum Gasteiger partial charge on any atom is -0.497 e. The van der Waals surface area contributed by atoms with Crippen LogP contribution >= 0.6 is 0 Å². The standard InChI is InChI=1S/C21H18FN7O4/c1-28-10-12(8-24-28)15-9-23-14-4-5-18(26-21(14)25-15)29(11-19(30)27-31)16-6-13(32-2)7-17(33-3)20(16)22/h4-10H,11H2,1-3H3. The molecule has 0 unspecified atom stereocenters. The highest BCUT2D eigenvalue weighted by Crippen LogP contribution is 2.36. The van der Waals surface area contributed by atoms with E-state index in [1.807, 2.05) is 0 Å². The smallest absolute Gasteiger partial charge is 0.305 e. The van der Waals surface area contributed by atoms with E-state index in [9.17, 15) is 9.70 Å². The molecule has 33 heavy (non-hydrogen) atoms. The SMILES string of the molecule is COc1cc(OC)c(F)c(N(CC(=O)N=O)c2ccc3ncc(-c4cnn(C)c4)nc3n2)c1. The molecule has 4 aromatic rings. The molecule has 4 rings (SSSR count). The van der Waals surface area contributed by atoms with Gasteiger partial charge in [-0.1, -0.05) is 0 Å². The van der Waals surface area contributed by atoms with Crippen LogP contribution in [0.25, 0.3) is 22.4 Å². The van der Waals surface area contributed by atoms with Gasteiger partial charge in [-0.15, -0.1) is 4.91 Å². The van der Waals surface area contributed by atoms with Gasteiger partial charge in [0.15, 0.2) is 17.2 Å². The number of amides is 1. The largest absolute Gasteiger partial charge is 0.497 e. The number of halogens is 1. The van der Waals surface area contributed by atoms with Gasteiger partial charge in [0, 0.05) is 36.1 Å². The highest BCUT2D eigenvalue weighted by atomic mass is 19.1. The minimum atomic E-state index is -1.02. The number of carbonyl (C=O) groups excluding carboxylic acids is 1. The predicted molar refractivity (Wildman–Crippen MR) is 117 cm³/mol. The van der Waals surface area contributed by atoms with Crippen LogP contribution in [0.1, 0.15) is 0 Å². The van der Waals surface area contributed by atoms with Gasteiger partial charge >= 0.3 is 5.91 Å². The number of methoxy groups -OCH3 is 2. The molecule has 0 fully saturated rings. The van der Waals surface area contributed by atoms with Crippen LogP contribution in [0, 0.1) is 10.7 Å². The van der Waals surface area contributed by atoms with E-state index in [4.69, 9.17) is 9.47 Å². The van der Waals surface area contributed by atoms with Crippen molar-refractivity contribution in [1.29, 1.82) is 0 Å². The molecule has 0 aliphatic heterocycles. The summed E-state index contributed by atoms with van der Waals surface area (Å²) in [5.74, 6) is -1.48. The molecule has 0 N–H and O–H groups in total. The lowest BCUT2D eigenvalue weighted by Crippen LogP contribution is -2.26. The maximum absolute atomic E-state index is 15.2. The second-order valence-corrected chi connectivity index (χ2v) is 6.90. The highest BCUT2D eigenvalue weighted by molar-refractivity contribution is 5.86. The van der Waals surface area contributed by atoms with Gasteiger partial charge in [-0.05, 0) is 12.1 Å². The fourth-order valence-electron chi connectivity index (χ4n) is 3.21. The van der Waals surface area contributed by atoms with Crippen molar-refractivity contribution >= 4 is 28.6 Å². The van der Waals surface area contributed by atoms with Gasteiger partial charge in [0.2, 0.25) is 0 Å². The third-order valence-corrected chi connectivity index (χ3v) is 4.80. The van der Waals surface area contributed by atoms with Crippen molar-refractivity contribution in [3.05, 3.63) is 53.6 Å². The van der Waals surface area contributed by atoms with Crippen LogP contribution in [0.4, 0.5) is 15.9 Å². The number of hydrogen-bond donors (Lipinski definition) is 0. The van der Waals surface area contributed by atoms with E-state index in [-0.39, 0.29) is 28.7 Å². The highest BCUT2D eigenvalue weighted by Gasteiger charge is 2.23. The van der Waals surface area contributed by atoms with Crippen molar-refractivity contribution in [2.75, 3.05) is 25.7 Å². The average Bonchev–Trinajstić information content (AvgIpc) is 3.28. The van der Waals surface area contributed by atoms with Gasteiger partial charge in [0.25, 0.3) is 0 Å². The Hall–Kier alpha value is -4.48. The van der Waals surface area contributed by atoms with Crippen LogP contribution in [0.2, 0.25) is 0 Å². The number of fused-ring (bicyclic) bond motifs is 1. The Morgan fingerprint density at radius 2 is 2.00 bits per heavy atom.